The van der Waals surface area contributed by atoms with Crippen molar-refractivity contribution in [2.45, 2.75) is 52.2 Å². The van der Waals surface area contributed by atoms with E-state index in [9.17, 15) is 4.79 Å². The number of rotatable bonds is 10. The van der Waals surface area contributed by atoms with Gasteiger partial charge in [0.05, 0.1) is 19.3 Å². The Labute approximate surface area is 129 Å². The molecule has 5 nitrogen and oxygen atoms in total. The highest BCUT2D eigenvalue weighted by Gasteiger charge is 2.55. The molecule has 0 aromatic carbocycles. The zero-order valence-corrected chi connectivity index (χ0v) is 14.3. The first-order chi connectivity index (χ1) is 10.1. The molecule has 2 unspecified atom stereocenters. The topological polar surface area (TPSA) is 50.8 Å². The molecule has 0 heterocycles. The summed E-state index contributed by atoms with van der Waals surface area (Å²) in [5.74, 6) is 0.150. The van der Waals surface area contributed by atoms with Crippen LogP contribution in [-0.2, 0) is 14.3 Å². The Morgan fingerprint density at radius 3 is 2.52 bits per heavy atom. The van der Waals surface area contributed by atoms with Crippen LogP contribution in [0.25, 0.3) is 0 Å². The maximum Gasteiger partial charge on any atom is 0.236 e. The first kappa shape index (κ1) is 18.4. The van der Waals surface area contributed by atoms with Gasteiger partial charge in [0.2, 0.25) is 5.91 Å². The third kappa shape index (κ3) is 3.96. The molecule has 21 heavy (non-hydrogen) atoms. The number of hydrogen-bond donors (Lipinski definition) is 1. The molecule has 0 aliphatic heterocycles. The van der Waals surface area contributed by atoms with Gasteiger partial charge in [0.25, 0.3) is 0 Å². The van der Waals surface area contributed by atoms with E-state index >= 15 is 0 Å². The number of carbonyl (C=O) groups excluding carboxylic acids is 1. The summed E-state index contributed by atoms with van der Waals surface area (Å²) in [4.78, 5) is 14.2. The summed E-state index contributed by atoms with van der Waals surface area (Å²) in [5.41, 5.74) is 0.118. The second kappa shape index (κ2) is 8.71. The summed E-state index contributed by atoms with van der Waals surface area (Å²) < 4.78 is 10.8. The number of ether oxygens (including phenoxy) is 2. The summed E-state index contributed by atoms with van der Waals surface area (Å²) in [5, 5.41) is 3.12. The van der Waals surface area contributed by atoms with Gasteiger partial charge in [-0.15, -0.1) is 0 Å². The van der Waals surface area contributed by atoms with Crippen molar-refractivity contribution in [3.05, 3.63) is 0 Å². The Balaban J connectivity index is 2.56. The molecule has 0 bridgehead atoms. The van der Waals surface area contributed by atoms with Crippen molar-refractivity contribution in [3.8, 4) is 0 Å². The second-order valence-corrected chi connectivity index (χ2v) is 5.81. The van der Waals surface area contributed by atoms with E-state index in [1.807, 2.05) is 18.9 Å². The smallest absolute Gasteiger partial charge is 0.236 e. The van der Waals surface area contributed by atoms with E-state index in [1.165, 1.54) is 0 Å². The summed E-state index contributed by atoms with van der Waals surface area (Å²) in [6.07, 6.45) is 3.34. The van der Waals surface area contributed by atoms with Gasteiger partial charge >= 0.3 is 0 Å². The molecule has 2 atom stereocenters. The lowest BCUT2D eigenvalue weighted by Crippen LogP contribution is -2.65. The number of amides is 1. The molecule has 0 aromatic heterocycles. The predicted octanol–water partition coefficient (Wildman–Crippen LogP) is 1.66. The van der Waals surface area contributed by atoms with E-state index in [0.29, 0.717) is 31.8 Å². The van der Waals surface area contributed by atoms with Crippen LogP contribution in [-0.4, -0.2) is 63.4 Å². The highest BCUT2D eigenvalue weighted by Crippen LogP contribution is 2.51. The lowest BCUT2D eigenvalue weighted by molar-refractivity contribution is -0.176. The summed E-state index contributed by atoms with van der Waals surface area (Å²) >= 11 is 0. The Hall–Kier alpha value is -0.650. The largest absolute Gasteiger partial charge is 0.383 e. The second-order valence-electron chi connectivity index (χ2n) is 5.81. The molecule has 0 spiro atoms. The summed E-state index contributed by atoms with van der Waals surface area (Å²) in [6, 6.07) is 0.292. The van der Waals surface area contributed by atoms with Crippen molar-refractivity contribution < 1.29 is 14.3 Å². The van der Waals surface area contributed by atoms with Gasteiger partial charge < -0.3 is 19.7 Å². The predicted molar refractivity (Wildman–Crippen MR) is 84.3 cm³/mol. The minimum Gasteiger partial charge on any atom is -0.383 e. The summed E-state index contributed by atoms with van der Waals surface area (Å²) in [7, 11) is 3.59. The maximum atomic E-state index is 12.3. The van der Waals surface area contributed by atoms with Crippen LogP contribution in [0.2, 0.25) is 0 Å². The van der Waals surface area contributed by atoms with E-state index in [1.54, 1.807) is 7.11 Å². The van der Waals surface area contributed by atoms with Crippen molar-refractivity contribution in [2.24, 2.45) is 5.41 Å². The highest BCUT2D eigenvalue weighted by atomic mass is 16.5. The Bertz CT molecular complexity index is 319. The molecule has 1 amide bonds. The first-order valence-electron chi connectivity index (χ1n) is 8.14. The van der Waals surface area contributed by atoms with Gasteiger partial charge in [-0.05, 0) is 26.2 Å². The normalized spacial score (nSPS) is 23.7. The van der Waals surface area contributed by atoms with Gasteiger partial charge in [-0.3, -0.25) is 4.79 Å². The lowest BCUT2D eigenvalue weighted by atomic mass is 9.58. The first-order valence-corrected chi connectivity index (χ1v) is 8.14. The molecular formula is C16H32N2O3. The van der Waals surface area contributed by atoms with Crippen molar-refractivity contribution in [2.75, 3.05) is 40.5 Å². The van der Waals surface area contributed by atoms with Gasteiger partial charge in [-0.25, -0.2) is 0 Å². The van der Waals surface area contributed by atoms with Gasteiger partial charge in [0.1, 0.15) is 0 Å². The number of nitrogens with one attached hydrogen (secondary N) is 1. The highest BCUT2D eigenvalue weighted by molar-refractivity contribution is 5.78. The third-order valence-electron chi connectivity index (χ3n) is 5.05. The Morgan fingerprint density at radius 2 is 2.00 bits per heavy atom. The van der Waals surface area contributed by atoms with Crippen LogP contribution in [0.4, 0.5) is 0 Å². The van der Waals surface area contributed by atoms with Gasteiger partial charge in [-0.1, -0.05) is 13.8 Å². The Morgan fingerprint density at radius 1 is 1.33 bits per heavy atom. The fourth-order valence-electron chi connectivity index (χ4n) is 3.55. The molecule has 5 heteroatoms. The van der Waals surface area contributed by atoms with Gasteiger partial charge in [0.15, 0.2) is 0 Å². The molecule has 1 saturated carbocycles. The molecule has 1 fully saturated rings. The van der Waals surface area contributed by atoms with E-state index in [0.717, 1.165) is 25.9 Å². The fourth-order valence-corrected chi connectivity index (χ4v) is 3.55. The molecule has 1 aliphatic carbocycles. The minimum absolute atomic E-state index is 0.118. The fraction of sp³-hybridized carbons (Fsp3) is 0.938. The molecule has 1 aliphatic rings. The maximum absolute atomic E-state index is 12.3. The standard InChI is InChI=1S/C16H32N2O3/c1-6-16(7-2)13(11-14(16)21-8-3)18(4)15(19)12-17-9-10-20-5/h13-14,17H,6-12H2,1-5H3. The molecular weight excluding hydrogens is 268 g/mol. The van der Waals surface area contributed by atoms with Crippen molar-refractivity contribution in [1.82, 2.24) is 10.2 Å². The number of methoxy groups -OCH3 is 1. The van der Waals surface area contributed by atoms with E-state index in [-0.39, 0.29) is 11.3 Å². The molecule has 0 radical (unpaired) electrons. The van der Waals surface area contributed by atoms with Gasteiger partial charge in [-0.2, -0.15) is 0 Å². The molecule has 0 aromatic rings. The van der Waals surface area contributed by atoms with Crippen molar-refractivity contribution in [3.63, 3.8) is 0 Å². The molecule has 0 saturated heterocycles. The SMILES string of the molecule is CCOC1CC(N(C)C(=O)CNCCOC)C1(CC)CC. The number of nitrogens with zero attached hydrogens (tertiary/aromatic N) is 1. The van der Waals surface area contributed by atoms with Crippen LogP contribution in [0, 0.1) is 5.41 Å². The number of carbonyl (C=O) groups is 1. The van der Waals surface area contributed by atoms with E-state index in [4.69, 9.17) is 9.47 Å². The number of hydrogen-bond acceptors (Lipinski definition) is 4. The van der Waals surface area contributed by atoms with E-state index < -0.39 is 0 Å². The lowest BCUT2D eigenvalue weighted by Gasteiger charge is -2.58. The van der Waals surface area contributed by atoms with Crippen LogP contribution in [0.5, 0.6) is 0 Å². The van der Waals surface area contributed by atoms with Crippen LogP contribution in [0.3, 0.4) is 0 Å². The molecule has 124 valence electrons. The number of likely N-dealkylation sites (N-methyl/N-ethyl adjacent to an activating group) is 1. The quantitative estimate of drug-likeness (QED) is 0.624. The van der Waals surface area contributed by atoms with E-state index in [2.05, 4.69) is 19.2 Å². The van der Waals surface area contributed by atoms with Crippen LogP contribution in [0.1, 0.15) is 40.0 Å². The van der Waals surface area contributed by atoms with Crippen LogP contribution in [0.15, 0.2) is 0 Å². The van der Waals surface area contributed by atoms with Crippen molar-refractivity contribution in [1.29, 1.82) is 0 Å². The zero-order valence-electron chi connectivity index (χ0n) is 14.3. The van der Waals surface area contributed by atoms with Crippen LogP contribution >= 0.6 is 0 Å². The Kier molecular flexibility index (Phi) is 7.63. The average Bonchev–Trinajstić information content (AvgIpc) is 2.48. The zero-order chi connectivity index (χ0) is 15.9. The van der Waals surface area contributed by atoms with Crippen molar-refractivity contribution >= 4 is 5.91 Å². The monoisotopic (exact) mass is 300 g/mol. The third-order valence-corrected chi connectivity index (χ3v) is 5.05. The van der Waals surface area contributed by atoms with Gasteiger partial charge in [0, 0.05) is 38.8 Å². The van der Waals surface area contributed by atoms with Crippen LogP contribution < -0.4 is 5.32 Å². The molecule has 1 N–H and O–H groups in total. The average molecular weight is 300 g/mol. The minimum atomic E-state index is 0.118. The molecule has 1 rings (SSSR count). The summed E-state index contributed by atoms with van der Waals surface area (Å²) in [6.45, 7) is 8.90.